The minimum absolute atomic E-state index is 0.0675. The lowest BCUT2D eigenvalue weighted by atomic mass is 10.0. The van der Waals surface area contributed by atoms with Crippen LogP contribution in [-0.4, -0.2) is 69.1 Å². The quantitative estimate of drug-likeness (QED) is 0.593. The molecule has 9 heteroatoms. The Labute approximate surface area is 177 Å². The van der Waals surface area contributed by atoms with Crippen LogP contribution in [0.3, 0.4) is 0 Å². The fourth-order valence-corrected chi connectivity index (χ4v) is 4.49. The van der Waals surface area contributed by atoms with Crippen LogP contribution in [0.4, 0.5) is 0 Å². The molecule has 2 heterocycles. The number of sulfone groups is 1. The molecule has 0 aliphatic carbocycles. The van der Waals surface area contributed by atoms with Gasteiger partial charge in [-0.2, -0.15) is 0 Å². The molecule has 1 aliphatic rings. The Morgan fingerprint density at radius 3 is 2.50 bits per heavy atom. The summed E-state index contributed by atoms with van der Waals surface area (Å²) in [5.41, 5.74) is 1.68. The number of hydrogen-bond donors (Lipinski definition) is 1. The van der Waals surface area contributed by atoms with Gasteiger partial charge in [0.15, 0.2) is 9.84 Å². The Kier molecular flexibility index (Phi) is 7.78. The normalized spacial score (nSPS) is 17.2. The third-order valence-electron chi connectivity index (χ3n) is 4.91. The zero-order chi connectivity index (χ0) is 21.4. The maximum absolute atomic E-state index is 13.1. The summed E-state index contributed by atoms with van der Waals surface area (Å²) in [4.78, 5) is 19.2. The van der Waals surface area contributed by atoms with Gasteiger partial charge in [0, 0.05) is 39.0 Å². The summed E-state index contributed by atoms with van der Waals surface area (Å²) in [5, 5.41) is 2.96. The Hall–Kier alpha value is -2.49. The standard InChI is InChI=1S/C21H27N3O5S/c1-28-11-12-29-19-8-7-17(15-22-19)16-23-21(25)20(18-5-3-2-4-6-18)24-9-13-30(26,27)14-10-24/h2-8,15,20H,9-14,16H2,1H3,(H,23,25). The Morgan fingerprint density at radius 2 is 1.87 bits per heavy atom. The third kappa shape index (κ3) is 6.25. The van der Waals surface area contributed by atoms with Crippen molar-refractivity contribution in [2.75, 3.05) is 44.9 Å². The first-order chi connectivity index (χ1) is 14.5. The second-order valence-electron chi connectivity index (χ2n) is 7.06. The van der Waals surface area contributed by atoms with E-state index in [1.54, 1.807) is 19.4 Å². The van der Waals surface area contributed by atoms with Crippen LogP contribution >= 0.6 is 0 Å². The molecule has 1 N–H and O–H groups in total. The molecule has 162 valence electrons. The molecule has 1 fully saturated rings. The smallest absolute Gasteiger partial charge is 0.242 e. The molecule has 1 aromatic carbocycles. The number of nitrogens with one attached hydrogen (secondary N) is 1. The number of amides is 1. The molecule has 1 saturated heterocycles. The highest BCUT2D eigenvalue weighted by Gasteiger charge is 2.32. The lowest BCUT2D eigenvalue weighted by molar-refractivity contribution is -0.126. The highest BCUT2D eigenvalue weighted by atomic mass is 32.2. The van der Waals surface area contributed by atoms with Gasteiger partial charge in [-0.25, -0.2) is 13.4 Å². The van der Waals surface area contributed by atoms with Crippen LogP contribution in [0.1, 0.15) is 17.2 Å². The Morgan fingerprint density at radius 1 is 1.13 bits per heavy atom. The van der Waals surface area contributed by atoms with Gasteiger partial charge in [-0.3, -0.25) is 9.69 Å². The summed E-state index contributed by atoms with van der Waals surface area (Å²) in [5.74, 6) is 0.468. The van der Waals surface area contributed by atoms with E-state index >= 15 is 0 Å². The van der Waals surface area contributed by atoms with E-state index in [4.69, 9.17) is 9.47 Å². The molecule has 1 atom stereocenters. The molecule has 8 nitrogen and oxygen atoms in total. The SMILES string of the molecule is COCCOc1ccc(CNC(=O)C(c2ccccc2)N2CCS(=O)(=O)CC2)cn1. The molecule has 30 heavy (non-hydrogen) atoms. The van der Waals surface area contributed by atoms with Crippen molar-refractivity contribution in [3.63, 3.8) is 0 Å². The van der Waals surface area contributed by atoms with Gasteiger partial charge in [0.25, 0.3) is 0 Å². The number of hydrogen-bond acceptors (Lipinski definition) is 7. The van der Waals surface area contributed by atoms with Crippen molar-refractivity contribution in [1.29, 1.82) is 0 Å². The second-order valence-corrected chi connectivity index (χ2v) is 9.37. The van der Waals surface area contributed by atoms with Crippen LogP contribution in [0.25, 0.3) is 0 Å². The van der Waals surface area contributed by atoms with Crippen molar-refractivity contribution in [3.05, 3.63) is 59.8 Å². The summed E-state index contributed by atoms with van der Waals surface area (Å²) >= 11 is 0. The fourth-order valence-electron chi connectivity index (χ4n) is 3.26. The van der Waals surface area contributed by atoms with Crippen molar-refractivity contribution in [3.8, 4) is 5.88 Å². The molecule has 0 radical (unpaired) electrons. The molecular formula is C21H27N3O5S. The molecular weight excluding hydrogens is 406 g/mol. The summed E-state index contributed by atoms with van der Waals surface area (Å²) in [6, 6.07) is 12.5. The van der Waals surface area contributed by atoms with Crippen LogP contribution in [0.15, 0.2) is 48.7 Å². The number of nitrogens with zero attached hydrogens (tertiary/aromatic N) is 2. The molecule has 1 aromatic heterocycles. The van der Waals surface area contributed by atoms with E-state index in [0.29, 0.717) is 38.7 Å². The fraction of sp³-hybridized carbons (Fsp3) is 0.429. The predicted octanol–water partition coefficient (Wildman–Crippen LogP) is 1.19. The molecule has 0 bridgehead atoms. The maximum Gasteiger partial charge on any atom is 0.242 e. The highest BCUT2D eigenvalue weighted by molar-refractivity contribution is 7.91. The largest absolute Gasteiger partial charge is 0.475 e. The summed E-state index contributed by atoms with van der Waals surface area (Å²) in [6.07, 6.45) is 1.66. The molecule has 1 unspecified atom stereocenters. The number of carbonyl (C=O) groups is 1. The van der Waals surface area contributed by atoms with E-state index in [9.17, 15) is 13.2 Å². The Bertz CT molecular complexity index is 905. The average molecular weight is 434 g/mol. The molecule has 3 rings (SSSR count). The lowest BCUT2D eigenvalue weighted by Gasteiger charge is -2.33. The molecule has 0 saturated carbocycles. The third-order valence-corrected chi connectivity index (χ3v) is 6.52. The monoisotopic (exact) mass is 433 g/mol. The number of pyridine rings is 1. The predicted molar refractivity (Wildman–Crippen MR) is 113 cm³/mol. The van der Waals surface area contributed by atoms with E-state index < -0.39 is 15.9 Å². The van der Waals surface area contributed by atoms with E-state index in [1.165, 1.54) is 0 Å². The highest BCUT2D eigenvalue weighted by Crippen LogP contribution is 2.23. The molecule has 1 aliphatic heterocycles. The zero-order valence-electron chi connectivity index (χ0n) is 17.0. The molecule has 2 aromatic rings. The van der Waals surface area contributed by atoms with Crippen molar-refractivity contribution in [1.82, 2.24) is 15.2 Å². The van der Waals surface area contributed by atoms with Crippen LogP contribution in [0.2, 0.25) is 0 Å². The first-order valence-corrected chi connectivity index (χ1v) is 11.6. The number of rotatable bonds is 9. The van der Waals surface area contributed by atoms with Gasteiger partial charge in [-0.15, -0.1) is 0 Å². The summed E-state index contributed by atoms with van der Waals surface area (Å²) in [6.45, 7) is 1.90. The summed E-state index contributed by atoms with van der Waals surface area (Å²) < 4.78 is 34.0. The topological polar surface area (TPSA) is 97.8 Å². The van der Waals surface area contributed by atoms with Crippen molar-refractivity contribution in [2.45, 2.75) is 12.6 Å². The van der Waals surface area contributed by atoms with E-state index in [1.807, 2.05) is 41.3 Å². The van der Waals surface area contributed by atoms with Gasteiger partial charge in [-0.1, -0.05) is 36.4 Å². The van der Waals surface area contributed by atoms with Gasteiger partial charge in [0.05, 0.1) is 18.1 Å². The Balaban J connectivity index is 1.64. The van der Waals surface area contributed by atoms with Gasteiger partial charge >= 0.3 is 0 Å². The minimum Gasteiger partial charge on any atom is -0.475 e. The van der Waals surface area contributed by atoms with Crippen LogP contribution < -0.4 is 10.1 Å². The van der Waals surface area contributed by atoms with Crippen molar-refractivity contribution < 1.29 is 22.7 Å². The van der Waals surface area contributed by atoms with E-state index in [2.05, 4.69) is 10.3 Å². The number of carbonyl (C=O) groups excluding carboxylic acids is 1. The van der Waals surface area contributed by atoms with Gasteiger partial charge < -0.3 is 14.8 Å². The molecule has 0 spiro atoms. The summed E-state index contributed by atoms with van der Waals surface area (Å²) in [7, 11) is -1.42. The zero-order valence-corrected chi connectivity index (χ0v) is 17.8. The maximum atomic E-state index is 13.1. The van der Waals surface area contributed by atoms with Crippen LogP contribution in [0, 0.1) is 0 Å². The van der Waals surface area contributed by atoms with Gasteiger partial charge in [0.1, 0.15) is 12.6 Å². The minimum atomic E-state index is -3.03. The van der Waals surface area contributed by atoms with Crippen molar-refractivity contribution in [2.24, 2.45) is 0 Å². The number of ether oxygens (including phenoxy) is 2. The number of benzene rings is 1. The lowest BCUT2D eigenvalue weighted by Crippen LogP contribution is -2.47. The van der Waals surface area contributed by atoms with Gasteiger partial charge in [-0.05, 0) is 11.1 Å². The van der Waals surface area contributed by atoms with E-state index in [0.717, 1.165) is 11.1 Å². The first-order valence-electron chi connectivity index (χ1n) is 9.82. The average Bonchev–Trinajstić information content (AvgIpc) is 2.75. The number of methoxy groups -OCH3 is 1. The van der Waals surface area contributed by atoms with Gasteiger partial charge in [0.2, 0.25) is 11.8 Å². The van der Waals surface area contributed by atoms with Crippen LogP contribution in [-0.2, 0) is 25.9 Å². The van der Waals surface area contributed by atoms with E-state index in [-0.39, 0.29) is 17.4 Å². The van der Waals surface area contributed by atoms with Crippen molar-refractivity contribution >= 4 is 15.7 Å². The van der Waals surface area contributed by atoms with Crippen LogP contribution in [0.5, 0.6) is 5.88 Å². The second kappa shape index (κ2) is 10.5. The number of aromatic nitrogens is 1. The first kappa shape index (κ1) is 22.2. The molecule has 1 amide bonds.